The zero-order valence-electron chi connectivity index (χ0n) is 10.9. The summed E-state index contributed by atoms with van der Waals surface area (Å²) in [6.07, 6.45) is 0.919. The largest absolute Gasteiger partial charge is 0.495 e. The highest BCUT2D eigenvalue weighted by atomic mass is 35.5. The molecule has 0 aliphatic rings. The van der Waals surface area contributed by atoms with E-state index in [1.807, 2.05) is 0 Å². The Kier molecular flexibility index (Phi) is 7.07. The van der Waals surface area contributed by atoms with Crippen molar-refractivity contribution in [3.8, 4) is 5.75 Å². The van der Waals surface area contributed by atoms with E-state index in [1.165, 1.54) is 0 Å². The van der Waals surface area contributed by atoms with Gasteiger partial charge in [-0.25, -0.2) is 0 Å². The summed E-state index contributed by atoms with van der Waals surface area (Å²) in [6, 6.07) is 5.27. The lowest BCUT2D eigenvalue weighted by molar-refractivity contribution is -0.120. The summed E-state index contributed by atoms with van der Waals surface area (Å²) in [5, 5.41) is 15.0. The fraction of sp³-hybridized carbons (Fsp3) is 0.462. The molecule has 0 atom stereocenters. The van der Waals surface area contributed by atoms with Gasteiger partial charge >= 0.3 is 0 Å². The Labute approximate surface area is 117 Å². The number of amides is 1. The number of halogens is 1. The molecule has 1 rings (SSSR count). The Balaban J connectivity index is 2.36. The van der Waals surface area contributed by atoms with Crippen LogP contribution in [0.4, 0.5) is 5.69 Å². The summed E-state index contributed by atoms with van der Waals surface area (Å²) in [4.78, 5) is 11.4. The molecule has 0 saturated heterocycles. The number of nitrogens with one attached hydrogen (secondary N) is 2. The second-order valence-electron chi connectivity index (χ2n) is 3.95. The maximum Gasteiger partial charge on any atom is 0.221 e. The van der Waals surface area contributed by atoms with Gasteiger partial charge in [0.2, 0.25) is 5.91 Å². The lowest BCUT2D eigenvalue weighted by Gasteiger charge is -2.11. The quantitative estimate of drug-likeness (QED) is 0.636. The molecule has 0 aliphatic heterocycles. The van der Waals surface area contributed by atoms with Crippen molar-refractivity contribution in [2.45, 2.75) is 12.8 Å². The molecule has 1 amide bonds. The van der Waals surface area contributed by atoms with E-state index in [0.29, 0.717) is 36.7 Å². The predicted octanol–water partition coefficient (Wildman–Crippen LogP) is 1.65. The predicted molar refractivity (Wildman–Crippen MR) is 75.8 cm³/mol. The maximum atomic E-state index is 11.4. The van der Waals surface area contributed by atoms with Crippen LogP contribution in [0, 0.1) is 0 Å². The van der Waals surface area contributed by atoms with Crippen LogP contribution in [-0.2, 0) is 4.79 Å². The van der Waals surface area contributed by atoms with Crippen LogP contribution in [0.3, 0.4) is 0 Å². The normalized spacial score (nSPS) is 10.1. The van der Waals surface area contributed by atoms with E-state index in [4.69, 9.17) is 21.4 Å². The lowest BCUT2D eigenvalue weighted by atomic mass is 10.2. The minimum absolute atomic E-state index is 0.0538. The number of carbonyl (C=O) groups is 1. The highest BCUT2D eigenvalue weighted by Crippen LogP contribution is 2.27. The number of aliphatic hydroxyl groups is 1. The van der Waals surface area contributed by atoms with Crippen molar-refractivity contribution in [1.29, 1.82) is 0 Å². The van der Waals surface area contributed by atoms with Gasteiger partial charge in [0.25, 0.3) is 0 Å². The van der Waals surface area contributed by atoms with Crippen LogP contribution in [0.25, 0.3) is 0 Å². The molecule has 0 aliphatic carbocycles. The Morgan fingerprint density at radius 3 is 2.89 bits per heavy atom. The molecular formula is C13H19ClN2O3. The third-order valence-corrected chi connectivity index (χ3v) is 2.72. The average molecular weight is 287 g/mol. The molecule has 0 saturated carbocycles. The highest BCUT2D eigenvalue weighted by molar-refractivity contribution is 6.30. The molecule has 0 heterocycles. The van der Waals surface area contributed by atoms with E-state index in [2.05, 4.69) is 10.6 Å². The summed E-state index contributed by atoms with van der Waals surface area (Å²) in [7, 11) is 1.58. The van der Waals surface area contributed by atoms with Crippen molar-refractivity contribution in [3.63, 3.8) is 0 Å². The number of benzene rings is 1. The maximum absolute atomic E-state index is 11.4. The molecule has 0 unspecified atom stereocenters. The number of methoxy groups -OCH3 is 1. The minimum Gasteiger partial charge on any atom is -0.495 e. The zero-order valence-corrected chi connectivity index (χ0v) is 11.7. The number of hydrogen-bond donors (Lipinski definition) is 3. The van der Waals surface area contributed by atoms with Gasteiger partial charge in [-0.1, -0.05) is 11.6 Å². The van der Waals surface area contributed by atoms with E-state index in [-0.39, 0.29) is 12.5 Å². The van der Waals surface area contributed by atoms with Crippen molar-refractivity contribution in [2.24, 2.45) is 0 Å². The Hall–Kier alpha value is -1.46. The monoisotopic (exact) mass is 286 g/mol. The van der Waals surface area contributed by atoms with E-state index in [0.717, 1.165) is 5.69 Å². The number of hydrogen-bond acceptors (Lipinski definition) is 4. The van der Waals surface area contributed by atoms with E-state index in [1.54, 1.807) is 25.3 Å². The van der Waals surface area contributed by atoms with E-state index in [9.17, 15) is 4.79 Å². The molecule has 0 bridgehead atoms. The smallest absolute Gasteiger partial charge is 0.221 e. The highest BCUT2D eigenvalue weighted by Gasteiger charge is 2.05. The van der Waals surface area contributed by atoms with Gasteiger partial charge in [-0.15, -0.1) is 0 Å². The molecule has 0 aromatic heterocycles. The first-order valence-corrected chi connectivity index (χ1v) is 6.50. The molecule has 0 radical (unpaired) electrons. The van der Waals surface area contributed by atoms with Gasteiger partial charge in [-0.2, -0.15) is 0 Å². The van der Waals surface area contributed by atoms with Crippen LogP contribution in [0.2, 0.25) is 5.02 Å². The first kappa shape index (κ1) is 15.6. The molecule has 0 fully saturated rings. The summed E-state index contributed by atoms with van der Waals surface area (Å²) >= 11 is 5.90. The fourth-order valence-electron chi connectivity index (χ4n) is 1.52. The van der Waals surface area contributed by atoms with Crippen molar-refractivity contribution in [2.75, 3.05) is 32.1 Å². The number of ether oxygens (including phenoxy) is 1. The molecule has 1 aromatic rings. The van der Waals surface area contributed by atoms with Crippen LogP contribution < -0.4 is 15.4 Å². The fourth-order valence-corrected chi connectivity index (χ4v) is 1.70. The molecule has 3 N–H and O–H groups in total. The van der Waals surface area contributed by atoms with Gasteiger partial charge in [0.1, 0.15) is 5.75 Å². The Morgan fingerprint density at radius 1 is 1.42 bits per heavy atom. The zero-order chi connectivity index (χ0) is 14.1. The standard InChI is InChI=1S/C13H19ClN2O3/c1-19-12-4-3-10(14)9-11(12)15-7-5-13(18)16-6-2-8-17/h3-4,9,15,17H,2,5-8H2,1H3,(H,16,18). The van der Waals surface area contributed by atoms with Crippen LogP contribution in [0.1, 0.15) is 12.8 Å². The summed E-state index contributed by atoms with van der Waals surface area (Å²) < 4.78 is 5.19. The Bertz CT molecular complexity index is 413. The van der Waals surface area contributed by atoms with Gasteiger partial charge in [0.15, 0.2) is 0 Å². The number of anilines is 1. The van der Waals surface area contributed by atoms with Gasteiger partial charge in [-0.05, 0) is 24.6 Å². The summed E-state index contributed by atoms with van der Waals surface area (Å²) in [5.74, 6) is 0.632. The van der Waals surface area contributed by atoms with E-state index < -0.39 is 0 Å². The van der Waals surface area contributed by atoms with Gasteiger partial charge in [-0.3, -0.25) is 4.79 Å². The summed E-state index contributed by atoms with van der Waals surface area (Å²) in [6.45, 7) is 1.07. The van der Waals surface area contributed by atoms with Crippen molar-refractivity contribution in [3.05, 3.63) is 23.2 Å². The topological polar surface area (TPSA) is 70.6 Å². The van der Waals surface area contributed by atoms with Gasteiger partial charge in [0.05, 0.1) is 12.8 Å². The Morgan fingerprint density at radius 2 is 2.21 bits per heavy atom. The molecule has 5 nitrogen and oxygen atoms in total. The molecule has 0 spiro atoms. The first-order chi connectivity index (χ1) is 9.17. The first-order valence-electron chi connectivity index (χ1n) is 6.12. The summed E-state index contributed by atoms with van der Waals surface area (Å²) in [5.41, 5.74) is 0.762. The van der Waals surface area contributed by atoms with Crippen LogP contribution in [0.15, 0.2) is 18.2 Å². The van der Waals surface area contributed by atoms with Crippen molar-refractivity contribution >= 4 is 23.2 Å². The lowest BCUT2D eigenvalue weighted by Crippen LogP contribution is -2.26. The van der Waals surface area contributed by atoms with Gasteiger partial charge < -0.3 is 20.5 Å². The van der Waals surface area contributed by atoms with Crippen molar-refractivity contribution < 1.29 is 14.6 Å². The number of rotatable bonds is 8. The van der Waals surface area contributed by atoms with Gasteiger partial charge in [0, 0.05) is 31.1 Å². The van der Waals surface area contributed by atoms with Crippen LogP contribution >= 0.6 is 11.6 Å². The molecular weight excluding hydrogens is 268 g/mol. The second kappa shape index (κ2) is 8.61. The van der Waals surface area contributed by atoms with Crippen molar-refractivity contribution in [1.82, 2.24) is 5.32 Å². The third-order valence-electron chi connectivity index (χ3n) is 2.49. The van der Waals surface area contributed by atoms with E-state index >= 15 is 0 Å². The molecule has 1 aromatic carbocycles. The minimum atomic E-state index is -0.0538. The molecule has 106 valence electrons. The molecule has 19 heavy (non-hydrogen) atoms. The average Bonchev–Trinajstić information content (AvgIpc) is 2.39. The number of carbonyl (C=O) groups excluding carboxylic acids is 1. The third kappa shape index (κ3) is 5.81. The number of aliphatic hydroxyl groups excluding tert-OH is 1. The SMILES string of the molecule is COc1ccc(Cl)cc1NCCC(=O)NCCCO. The van der Waals surface area contributed by atoms with Crippen LogP contribution in [0.5, 0.6) is 5.75 Å². The molecule has 6 heteroatoms. The second-order valence-corrected chi connectivity index (χ2v) is 4.38. The van der Waals surface area contributed by atoms with Crippen LogP contribution in [-0.4, -0.2) is 37.8 Å².